The van der Waals surface area contributed by atoms with E-state index in [0.29, 0.717) is 11.7 Å². The van der Waals surface area contributed by atoms with E-state index in [4.69, 9.17) is 4.74 Å². The van der Waals surface area contributed by atoms with Gasteiger partial charge in [0, 0.05) is 22.7 Å². The number of hydrogen-bond acceptors (Lipinski definition) is 6. The lowest BCUT2D eigenvalue weighted by Gasteiger charge is -2.11. The van der Waals surface area contributed by atoms with E-state index < -0.39 is 0 Å². The molecular formula is C25H23N3O3S2. The van der Waals surface area contributed by atoms with Crippen molar-refractivity contribution in [3.05, 3.63) is 77.0 Å². The number of carbonyl (C=O) groups is 2. The minimum absolute atomic E-state index is 0.0591. The number of amides is 2. The lowest BCUT2D eigenvalue weighted by atomic mass is 10.1. The molecule has 2 N–H and O–H groups in total. The Balaban J connectivity index is 1.29. The van der Waals surface area contributed by atoms with Gasteiger partial charge in [-0.05, 0) is 23.8 Å². The molecule has 2 aromatic carbocycles. The van der Waals surface area contributed by atoms with Crippen LogP contribution < -0.4 is 15.4 Å². The molecular weight excluding hydrogens is 454 g/mol. The van der Waals surface area contributed by atoms with Crippen LogP contribution >= 0.6 is 22.7 Å². The fraction of sp³-hybridized carbons (Fsp3) is 0.160. The monoisotopic (exact) mass is 477 g/mol. The zero-order valence-electron chi connectivity index (χ0n) is 18.0. The number of ether oxygens (including phenoxy) is 1. The largest absolute Gasteiger partial charge is 0.492 e. The predicted molar refractivity (Wildman–Crippen MR) is 134 cm³/mol. The summed E-state index contributed by atoms with van der Waals surface area (Å²) < 4.78 is 5.91. The molecule has 0 unspecified atom stereocenters. The summed E-state index contributed by atoms with van der Waals surface area (Å²) in [6, 6.07) is 21.8. The predicted octanol–water partition coefficient (Wildman–Crippen LogP) is 5.58. The van der Waals surface area contributed by atoms with Gasteiger partial charge in [0.05, 0.1) is 30.1 Å². The number of thiophene rings is 1. The van der Waals surface area contributed by atoms with Crippen LogP contribution in [0.5, 0.6) is 5.75 Å². The second kappa shape index (κ2) is 10.9. The number of nitrogens with zero attached hydrogens (tertiary/aromatic N) is 1. The van der Waals surface area contributed by atoms with Crippen molar-refractivity contribution in [3.63, 3.8) is 0 Å². The first kappa shape index (κ1) is 22.7. The van der Waals surface area contributed by atoms with Crippen molar-refractivity contribution >= 4 is 39.6 Å². The average Bonchev–Trinajstić information content (AvgIpc) is 3.48. The minimum atomic E-state index is -0.148. The van der Waals surface area contributed by atoms with Crippen LogP contribution in [0.25, 0.3) is 21.7 Å². The van der Waals surface area contributed by atoms with Crippen LogP contribution in [-0.2, 0) is 16.1 Å². The second-order valence-electron chi connectivity index (χ2n) is 7.22. The number of anilines is 1. The Morgan fingerprint density at radius 2 is 1.79 bits per heavy atom. The summed E-state index contributed by atoms with van der Waals surface area (Å²) in [4.78, 5) is 30.0. The SMILES string of the molecule is CC(=O)NCc1ccc(-c2csc(NC(=O)CCOc3ccccc3-c3ccccc3)n2)s1. The maximum atomic E-state index is 12.4. The normalized spacial score (nSPS) is 10.6. The van der Waals surface area contributed by atoms with E-state index in [1.54, 1.807) is 11.3 Å². The Bertz CT molecular complexity index is 1230. The number of rotatable bonds is 9. The van der Waals surface area contributed by atoms with Gasteiger partial charge in [0.1, 0.15) is 5.75 Å². The van der Waals surface area contributed by atoms with Crippen molar-refractivity contribution in [2.45, 2.75) is 19.9 Å². The molecule has 4 rings (SSSR count). The molecule has 0 saturated carbocycles. The van der Waals surface area contributed by atoms with Crippen LogP contribution in [0.15, 0.2) is 72.1 Å². The number of carbonyl (C=O) groups excluding carboxylic acids is 2. The zero-order valence-corrected chi connectivity index (χ0v) is 19.7. The third-order valence-electron chi connectivity index (χ3n) is 4.73. The van der Waals surface area contributed by atoms with Crippen molar-refractivity contribution in [1.82, 2.24) is 10.3 Å². The molecule has 6 nitrogen and oxygen atoms in total. The van der Waals surface area contributed by atoms with Crippen LogP contribution in [-0.4, -0.2) is 23.4 Å². The quantitative estimate of drug-likeness (QED) is 0.330. The van der Waals surface area contributed by atoms with E-state index >= 15 is 0 Å². The van der Waals surface area contributed by atoms with Crippen LogP contribution in [0.3, 0.4) is 0 Å². The Morgan fingerprint density at radius 3 is 2.61 bits per heavy atom. The number of aromatic nitrogens is 1. The molecule has 0 spiro atoms. The van der Waals surface area contributed by atoms with E-state index in [-0.39, 0.29) is 24.8 Å². The summed E-state index contributed by atoms with van der Waals surface area (Å²) in [5, 5.41) is 8.10. The van der Waals surface area contributed by atoms with Gasteiger partial charge in [0.2, 0.25) is 11.8 Å². The molecule has 2 aromatic heterocycles. The number of hydrogen-bond donors (Lipinski definition) is 2. The molecule has 2 amide bonds. The van der Waals surface area contributed by atoms with Crippen molar-refractivity contribution < 1.29 is 14.3 Å². The first-order chi connectivity index (χ1) is 16.1. The maximum absolute atomic E-state index is 12.4. The van der Waals surface area contributed by atoms with Crippen LogP contribution in [0.1, 0.15) is 18.2 Å². The van der Waals surface area contributed by atoms with Gasteiger partial charge in [0.15, 0.2) is 5.13 Å². The maximum Gasteiger partial charge on any atom is 0.229 e. The van der Waals surface area contributed by atoms with E-state index in [0.717, 1.165) is 32.3 Å². The van der Waals surface area contributed by atoms with Gasteiger partial charge in [-0.3, -0.25) is 9.59 Å². The van der Waals surface area contributed by atoms with E-state index in [1.165, 1.54) is 18.3 Å². The highest BCUT2D eigenvalue weighted by atomic mass is 32.1. The summed E-state index contributed by atoms with van der Waals surface area (Å²) >= 11 is 2.95. The first-order valence-electron chi connectivity index (χ1n) is 10.4. The van der Waals surface area contributed by atoms with Crippen LogP contribution in [0.2, 0.25) is 0 Å². The summed E-state index contributed by atoms with van der Waals surface area (Å²) in [5.74, 6) is 0.544. The van der Waals surface area contributed by atoms with Crippen molar-refractivity contribution in [1.29, 1.82) is 0 Å². The van der Waals surface area contributed by atoms with Gasteiger partial charge >= 0.3 is 0 Å². The minimum Gasteiger partial charge on any atom is -0.492 e. The van der Waals surface area contributed by atoms with E-state index in [9.17, 15) is 9.59 Å². The highest BCUT2D eigenvalue weighted by Gasteiger charge is 2.11. The Hall–Kier alpha value is -3.49. The molecule has 168 valence electrons. The number of nitrogens with one attached hydrogen (secondary N) is 2. The number of benzene rings is 2. The summed E-state index contributed by atoms with van der Waals surface area (Å²) in [6.07, 6.45) is 0.220. The molecule has 0 atom stereocenters. The standard InChI is InChI=1S/C25H23N3O3S2/c1-17(29)26-15-19-11-12-23(33-19)21-16-32-25(27-21)28-24(30)13-14-31-22-10-6-5-9-20(22)18-7-3-2-4-8-18/h2-12,16H,13-15H2,1H3,(H,26,29)(H,27,28,30). The molecule has 0 aliphatic carbocycles. The summed E-state index contributed by atoms with van der Waals surface area (Å²) in [6.45, 7) is 2.27. The van der Waals surface area contributed by atoms with E-state index in [1.807, 2.05) is 72.1 Å². The van der Waals surface area contributed by atoms with Crippen molar-refractivity contribution in [2.24, 2.45) is 0 Å². The van der Waals surface area contributed by atoms with Gasteiger partial charge in [0.25, 0.3) is 0 Å². The fourth-order valence-corrected chi connectivity index (χ4v) is 4.86. The zero-order chi connectivity index (χ0) is 23.0. The fourth-order valence-electron chi connectivity index (χ4n) is 3.15. The molecule has 0 bridgehead atoms. The molecule has 0 saturated heterocycles. The molecule has 2 heterocycles. The highest BCUT2D eigenvalue weighted by Crippen LogP contribution is 2.31. The number of thiazole rings is 1. The molecule has 0 fully saturated rings. The second-order valence-corrected chi connectivity index (χ2v) is 9.25. The lowest BCUT2D eigenvalue weighted by molar-refractivity contribution is -0.119. The molecule has 0 aliphatic rings. The third kappa shape index (κ3) is 6.27. The topological polar surface area (TPSA) is 80.3 Å². The summed E-state index contributed by atoms with van der Waals surface area (Å²) in [7, 11) is 0. The summed E-state index contributed by atoms with van der Waals surface area (Å²) in [5.41, 5.74) is 2.88. The molecule has 8 heteroatoms. The molecule has 0 radical (unpaired) electrons. The van der Waals surface area contributed by atoms with Gasteiger partial charge in [-0.2, -0.15) is 0 Å². The Labute approximate surface area is 200 Å². The molecule has 0 aliphatic heterocycles. The van der Waals surface area contributed by atoms with E-state index in [2.05, 4.69) is 15.6 Å². The Kier molecular flexibility index (Phi) is 7.49. The Morgan fingerprint density at radius 1 is 1.00 bits per heavy atom. The van der Waals surface area contributed by atoms with Crippen molar-refractivity contribution in [3.8, 4) is 27.4 Å². The average molecular weight is 478 g/mol. The van der Waals surface area contributed by atoms with Gasteiger partial charge in [-0.15, -0.1) is 22.7 Å². The van der Waals surface area contributed by atoms with Crippen LogP contribution in [0.4, 0.5) is 5.13 Å². The molecule has 4 aromatic rings. The first-order valence-corrected chi connectivity index (χ1v) is 12.1. The van der Waals surface area contributed by atoms with Gasteiger partial charge in [-0.25, -0.2) is 4.98 Å². The van der Waals surface area contributed by atoms with Crippen LogP contribution in [0, 0.1) is 0 Å². The number of para-hydroxylation sites is 1. The van der Waals surface area contributed by atoms with Gasteiger partial charge < -0.3 is 15.4 Å². The lowest BCUT2D eigenvalue weighted by Crippen LogP contribution is -2.17. The third-order valence-corrected chi connectivity index (χ3v) is 6.60. The van der Waals surface area contributed by atoms with Crippen molar-refractivity contribution in [2.75, 3.05) is 11.9 Å². The van der Waals surface area contributed by atoms with Gasteiger partial charge in [-0.1, -0.05) is 48.5 Å². The smallest absolute Gasteiger partial charge is 0.229 e. The highest BCUT2D eigenvalue weighted by molar-refractivity contribution is 7.17. The molecule has 33 heavy (non-hydrogen) atoms.